The van der Waals surface area contributed by atoms with Gasteiger partial charge < -0.3 is 10.1 Å². The Kier molecular flexibility index (Phi) is 5.89. The quantitative estimate of drug-likeness (QED) is 0.788. The van der Waals surface area contributed by atoms with Crippen LogP contribution in [0, 0.1) is 11.3 Å². The van der Waals surface area contributed by atoms with E-state index >= 15 is 0 Å². The zero-order valence-corrected chi connectivity index (χ0v) is 13.7. The van der Waals surface area contributed by atoms with Crippen LogP contribution in [0.2, 0.25) is 0 Å². The van der Waals surface area contributed by atoms with Crippen molar-refractivity contribution in [3.05, 3.63) is 58.1 Å². The average molecular weight is 373 g/mol. The van der Waals surface area contributed by atoms with Gasteiger partial charge in [-0.15, -0.1) is 0 Å². The zero-order valence-electron chi connectivity index (χ0n) is 12.1. The molecule has 0 heterocycles. The highest BCUT2D eigenvalue weighted by Crippen LogP contribution is 2.21. The number of amides is 1. The second-order valence-corrected chi connectivity index (χ2v) is 5.58. The number of ether oxygens (including phenoxy) is 1. The Balaban J connectivity index is 1.92. The Labute approximate surface area is 142 Å². The van der Waals surface area contributed by atoms with E-state index in [-0.39, 0.29) is 12.5 Å². The van der Waals surface area contributed by atoms with Crippen molar-refractivity contribution in [2.24, 2.45) is 0 Å². The van der Waals surface area contributed by atoms with Crippen molar-refractivity contribution in [2.45, 2.75) is 6.42 Å². The number of benzene rings is 2. The molecule has 5 nitrogen and oxygen atoms in total. The molecule has 1 amide bonds. The van der Waals surface area contributed by atoms with Crippen LogP contribution in [0.25, 0.3) is 0 Å². The molecule has 0 aliphatic carbocycles. The summed E-state index contributed by atoms with van der Waals surface area (Å²) in [4.78, 5) is 22.9. The Morgan fingerprint density at radius 2 is 2.00 bits per heavy atom. The number of hydrogen-bond donors (Lipinski definition) is 1. The van der Waals surface area contributed by atoms with Crippen LogP contribution >= 0.6 is 15.9 Å². The minimum absolute atomic E-state index is 0.206. The third-order valence-corrected chi connectivity index (χ3v) is 3.47. The van der Waals surface area contributed by atoms with E-state index in [2.05, 4.69) is 27.3 Å². The van der Waals surface area contributed by atoms with Gasteiger partial charge >= 0.3 is 0 Å². The topological polar surface area (TPSA) is 79.2 Å². The third-order valence-electron chi connectivity index (χ3n) is 2.98. The lowest BCUT2D eigenvalue weighted by Gasteiger charge is -2.09. The Morgan fingerprint density at radius 1 is 1.26 bits per heavy atom. The first-order chi connectivity index (χ1) is 11.1. The fourth-order valence-corrected chi connectivity index (χ4v) is 2.26. The molecule has 2 aromatic rings. The number of nitrogens with one attached hydrogen (secondary N) is 1. The van der Waals surface area contributed by atoms with E-state index in [1.807, 2.05) is 0 Å². The van der Waals surface area contributed by atoms with Gasteiger partial charge in [0.05, 0.1) is 18.1 Å². The molecular weight excluding hydrogens is 360 g/mol. The number of rotatable bonds is 6. The maximum absolute atomic E-state index is 11.9. The molecule has 0 unspecified atom stereocenters. The van der Waals surface area contributed by atoms with Crippen molar-refractivity contribution in [3.8, 4) is 11.8 Å². The van der Waals surface area contributed by atoms with Crippen LogP contribution in [0.15, 0.2) is 46.9 Å². The summed E-state index contributed by atoms with van der Waals surface area (Å²) in [6, 6.07) is 14.0. The largest absolute Gasteiger partial charge is 0.483 e. The molecular formula is C17H13BrN2O3. The molecule has 23 heavy (non-hydrogen) atoms. The lowest BCUT2D eigenvalue weighted by molar-refractivity contribution is -0.118. The van der Waals surface area contributed by atoms with Crippen LogP contribution in [-0.4, -0.2) is 18.8 Å². The van der Waals surface area contributed by atoms with Gasteiger partial charge in [-0.1, -0.05) is 28.1 Å². The van der Waals surface area contributed by atoms with Crippen molar-refractivity contribution in [2.75, 3.05) is 11.9 Å². The first-order valence-corrected chi connectivity index (χ1v) is 7.55. The van der Waals surface area contributed by atoms with Gasteiger partial charge in [-0.25, -0.2) is 0 Å². The second-order valence-electron chi connectivity index (χ2n) is 4.67. The molecule has 2 rings (SSSR count). The van der Waals surface area contributed by atoms with Crippen LogP contribution in [0.1, 0.15) is 15.9 Å². The smallest absolute Gasteiger partial charge is 0.262 e. The maximum Gasteiger partial charge on any atom is 0.262 e. The first-order valence-electron chi connectivity index (χ1n) is 6.75. The van der Waals surface area contributed by atoms with Gasteiger partial charge in [-0.2, -0.15) is 5.26 Å². The van der Waals surface area contributed by atoms with E-state index in [4.69, 9.17) is 10.00 Å². The number of nitrogens with zero attached hydrogens (tertiary/aromatic N) is 1. The summed E-state index contributed by atoms with van der Waals surface area (Å²) in [6.45, 7) is -0.206. The average Bonchev–Trinajstić information content (AvgIpc) is 2.55. The molecule has 6 heteroatoms. The molecule has 0 saturated carbocycles. The van der Waals surface area contributed by atoms with Gasteiger partial charge in [-0.05, 0) is 35.9 Å². The predicted molar refractivity (Wildman–Crippen MR) is 89.4 cm³/mol. The molecule has 1 N–H and O–H groups in total. The van der Waals surface area contributed by atoms with Crippen LogP contribution in [0.3, 0.4) is 0 Å². The number of halogens is 1. The van der Waals surface area contributed by atoms with E-state index in [0.29, 0.717) is 29.7 Å². The highest BCUT2D eigenvalue weighted by atomic mass is 79.9. The minimum Gasteiger partial charge on any atom is -0.483 e. The van der Waals surface area contributed by atoms with Gasteiger partial charge in [0.1, 0.15) is 5.75 Å². The summed E-state index contributed by atoms with van der Waals surface area (Å²) in [7, 11) is 0. The molecule has 116 valence electrons. The number of anilines is 1. The summed E-state index contributed by atoms with van der Waals surface area (Å²) in [5.41, 5.74) is 1.87. The van der Waals surface area contributed by atoms with Crippen LogP contribution < -0.4 is 10.1 Å². The van der Waals surface area contributed by atoms with E-state index in [1.165, 1.54) is 0 Å². The van der Waals surface area contributed by atoms with Crippen molar-refractivity contribution < 1.29 is 14.3 Å². The Morgan fingerprint density at radius 3 is 2.65 bits per heavy atom. The minimum atomic E-state index is -0.335. The van der Waals surface area contributed by atoms with Gasteiger partial charge in [0.25, 0.3) is 5.91 Å². The number of carbonyl (C=O) groups excluding carboxylic acids is 2. The summed E-state index contributed by atoms with van der Waals surface area (Å²) in [5.74, 6) is 0.0144. The molecule has 0 aliphatic rings. The van der Waals surface area contributed by atoms with Crippen molar-refractivity contribution in [1.82, 2.24) is 0 Å². The SMILES string of the molecule is N#CCc1ccc(NC(=O)COc2ccc(Br)cc2C=O)cc1. The fraction of sp³-hybridized carbons (Fsp3) is 0.118. The van der Waals surface area contributed by atoms with Crippen LogP contribution in [-0.2, 0) is 11.2 Å². The molecule has 0 fully saturated rings. The summed E-state index contributed by atoms with van der Waals surface area (Å²) < 4.78 is 6.13. The molecule has 0 spiro atoms. The van der Waals surface area contributed by atoms with Crippen molar-refractivity contribution in [1.29, 1.82) is 5.26 Å². The highest BCUT2D eigenvalue weighted by Gasteiger charge is 2.08. The number of nitriles is 1. The highest BCUT2D eigenvalue weighted by molar-refractivity contribution is 9.10. The van der Waals surface area contributed by atoms with Gasteiger partial charge in [0.15, 0.2) is 12.9 Å². The van der Waals surface area contributed by atoms with Crippen molar-refractivity contribution in [3.63, 3.8) is 0 Å². The molecule has 0 bridgehead atoms. The number of hydrogen-bond acceptors (Lipinski definition) is 4. The van der Waals surface area contributed by atoms with Gasteiger partial charge in [-0.3, -0.25) is 9.59 Å². The lowest BCUT2D eigenvalue weighted by atomic mass is 10.1. The predicted octanol–water partition coefficient (Wildman–Crippen LogP) is 3.35. The fourth-order valence-electron chi connectivity index (χ4n) is 1.88. The van der Waals surface area contributed by atoms with E-state index in [0.717, 1.165) is 10.0 Å². The standard InChI is InChI=1S/C17H13BrN2O3/c18-14-3-6-16(13(9-14)10-21)23-11-17(22)20-15-4-1-12(2-5-15)7-8-19/h1-6,9-10H,7,11H2,(H,20,22). The molecule has 2 aromatic carbocycles. The zero-order chi connectivity index (χ0) is 16.7. The lowest BCUT2D eigenvalue weighted by Crippen LogP contribution is -2.20. The monoisotopic (exact) mass is 372 g/mol. The number of aldehydes is 1. The van der Waals surface area contributed by atoms with E-state index in [1.54, 1.807) is 42.5 Å². The van der Waals surface area contributed by atoms with Crippen LogP contribution in [0.4, 0.5) is 5.69 Å². The van der Waals surface area contributed by atoms with Crippen molar-refractivity contribution >= 4 is 33.8 Å². The maximum atomic E-state index is 11.9. The van der Waals surface area contributed by atoms with Crippen LogP contribution in [0.5, 0.6) is 5.75 Å². The molecule has 0 aromatic heterocycles. The number of carbonyl (C=O) groups is 2. The first kappa shape index (κ1) is 16.7. The summed E-state index contributed by atoms with van der Waals surface area (Å²) >= 11 is 3.26. The Bertz CT molecular complexity index is 751. The third kappa shape index (κ3) is 4.94. The normalized spacial score (nSPS) is 9.74. The molecule has 0 atom stereocenters. The Hall–Kier alpha value is -2.65. The molecule has 0 aliphatic heterocycles. The van der Waals surface area contributed by atoms with E-state index in [9.17, 15) is 9.59 Å². The van der Waals surface area contributed by atoms with Gasteiger partial charge in [0, 0.05) is 10.2 Å². The van der Waals surface area contributed by atoms with Gasteiger partial charge in [0.2, 0.25) is 0 Å². The molecule has 0 radical (unpaired) electrons. The summed E-state index contributed by atoms with van der Waals surface area (Å²) in [6.07, 6.45) is 1.00. The van der Waals surface area contributed by atoms with E-state index < -0.39 is 0 Å². The second kappa shape index (κ2) is 8.11. The molecule has 0 saturated heterocycles. The summed E-state index contributed by atoms with van der Waals surface area (Å²) in [5, 5.41) is 11.3.